The van der Waals surface area contributed by atoms with Crippen molar-refractivity contribution in [2.24, 2.45) is 0 Å². The Kier molecular flexibility index (Phi) is 3.77. The van der Waals surface area contributed by atoms with Crippen molar-refractivity contribution in [1.82, 2.24) is 10.1 Å². The van der Waals surface area contributed by atoms with Crippen molar-refractivity contribution in [2.45, 2.75) is 12.8 Å². The number of carbonyl (C=O) groups is 1. The second-order valence-electron chi connectivity index (χ2n) is 4.40. The van der Waals surface area contributed by atoms with Crippen molar-refractivity contribution in [1.29, 1.82) is 0 Å². The van der Waals surface area contributed by atoms with Crippen LogP contribution in [0.5, 0.6) is 0 Å². The van der Waals surface area contributed by atoms with Gasteiger partial charge in [-0.1, -0.05) is 23.4 Å². The second kappa shape index (κ2) is 6.04. The van der Waals surface area contributed by atoms with E-state index in [1.807, 2.05) is 30.3 Å². The summed E-state index contributed by atoms with van der Waals surface area (Å²) in [6, 6.07) is 12.8. The first-order valence-electron chi connectivity index (χ1n) is 6.52. The van der Waals surface area contributed by atoms with Gasteiger partial charge >= 0.3 is 0 Å². The number of carbonyl (C=O) groups excluding carboxylic acids is 1. The molecule has 2 heterocycles. The van der Waals surface area contributed by atoms with Crippen LogP contribution in [-0.2, 0) is 11.2 Å². The lowest BCUT2D eigenvalue weighted by molar-refractivity contribution is -0.116. The van der Waals surface area contributed by atoms with Gasteiger partial charge in [0.2, 0.25) is 17.6 Å². The quantitative estimate of drug-likeness (QED) is 0.778. The minimum atomic E-state index is -0.0982. The number of anilines is 1. The molecule has 0 aliphatic carbocycles. The highest BCUT2D eigenvalue weighted by atomic mass is 16.5. The largest absolute Gasteiger partial charge is 0.461 e. The fourth-order valence-corrected chi connectivity index (χ4v) is 1.83. The zero-order valence-corrected chi connectivity index (χ0v) is 11.2. The molecule has 0 spiro atoms. The van der Waals surface area contributed by atoms with Crippen LogP contribution in [0.3, 0.4) is 0 Å². The lowest BCUT2D eigenvalue weighted by Crippen LogP contribution is -2.12. The molecule has 0 radical (unpaired) electrons. The molecule has 1 aromatic carbocycles. The standard InChI is InChI=1S/C15H13N3O3/c19-13(16-11-5-2-1-3-6-11)8-9-14-17-15(18-21-14)12-7-4-10-20-12/h1-7,10H,8-9H2,(H,16,19). The Labute approximate surface area is 120 Å². The molecule has 1 N–H and O–H groups in total. The number of nitrogens with zero attached hydrogens (tertiary/aromatic N) is 2. The predicted molar refractivity (Wildman–Crippen MR) is 75.4 cm³/mol. The molecule has 0 aliphatic heterocycles. The van der Waals surface area contributed by atoms with Crippen molar-refractivity contribution >= 4 is 11.6 Å². The number of hydrogen-bond donors (Lipinski definition) is 1. The van der Waals surface area contributed by atoms with Crippen LogP contribution in [0.1, 0.15) is 12.3 Å². The first kappa shape index (κ1) is 13.1. The Bertz CT molecular complexity index is 705. The molecule has 0 aliphatic rings. The molecule has 2 aromatic heterocycles. The Morgan fingerprint density at radius 1 is 1.14 bits per heavy atom. The van der Waals surface area contributed by atoms with Gasteiger partial charge in [0.05, 0.1) is 6.26 Å². The summed E-state index contributed by atoms with van der Waals surface area (Å²) in [6.07, 6.45) is 2.19. The Balaban J connectivity index is 1.54. The number of aryl methyl sites for hydroxylation is 1. The molecule has 0 saturated carbocycles. The van der Waals surface area contributed by atoms with Crippen molar-refractivity contribution in [3.8, 4) is 11.6 Å². The molecular weight excluding hydrogens is 270 g/mol. The third kappa shape index (κ3) is 3.36. The summed E-state index contributed by atoms with van der Waals surface area (Å²) < 4.78 is 10.3. The molecule has 0 saturated heterocycles. The minimum absolute atomic E-state index is 0.0982. The monoisotopic (exact) mass is 283 g/mol. The number of furan rings is 1. The van der Waals surface area contributed by atoms with E-state index in [0.717, 1.165) is 5.69 Å². The third-order valence-corrected chi connectivity index (χ3v) is 2.83. The van der Waals surface area contributed by atoms with E-state index >= 15 is 0 Å². The van der Waals surface area contributed by atoms with E-state index in [4.69, 9.17) is 8.94 Å². The number of nitrogens with one attached hydrogen (secondary N) is 1. The molecule has 0 atom stereocenters. The molecule has 1 amide bonds. The van der Waals surface area contributed by atoms with Crippen LogP contribution in [-0.4, -0.2) is 16.0 Å². The second-order valence-corrected chi connectivity index (χ2v) is 4.40. The Hall–Kier alpha value is -2.89. The highest BCUT2D eigenvalue weighted by Crippen LogP contribution is 2.16. The number of benzene rings is 1. The number of hydrogen-bond acceptors (Lipinski definition) is 5. The van der Waals surface area contributed by atoms with Crippen molar-refractivity contribution < 1.29 is 13.7 Å². The molecule has 3 rings (SSSR count). The highest BCUT2D eigenvalue weighted by Gasteiger charge is 2.12. The summed E-state index contributed by atoms with van der Waals surface area (Å²) in [4.78, 5) is 16.0. The van der Waals surface area contributed by atoms with Crippen molar-refractivity contribution in [3.05, 3.63) is 54.6 Å². The molecule has 6 heteroatoms. The maximum Gasteiger partial charge on any atom is 0.238 e. The summed E-state index contributed by atoms with van der Waals surface area (Å²) in [6.45, 7) is 0. The Morgan fingerprint density at radius 3 is 2.76 bits per heavy atom. The Morgan fingerprint density at radius 2 is 2.00 bits per heavy atom. The third-order valence-electron chi connectivity index (χ3n) is 2.83. The first-order chi connectivity index (χ1) is 10.3. The SMILES string of the molecule is O=C(CCc1nc(-c2ccco2)no1)Nc1ccccc1. The molecule has 21 heavy (non-hydrogen) atoms. The lowest BCUT2D eigenvalue weighted by Gasteiger charge is -2.02. The van der Waals surface area contributed by atoms with E-state index < -0.39 is 0 Å². The van der Waals surface area contributed by atoms with Crippen LogP contribution in [0, 0.1) is 0 Å². The van der Waals surface area contributed by atoms with Crippen molar-refractivity contribution in [2.75, 3.05) is 5.32 Å². The van der Waals surface area contributed by atoms with E-state index in [0.29, 0.717) is 23.9 Å². The summed E-state index contributed by atoms with van der Waals surface area (Å²) in [5.41, 5.74) is 0.768. The first-order valence-corrected chi connectivity index (χ1v) is 6.52. The van der Waals surface area contributed by atoms with Gasteiger partial charge < -0.3 is 14.3 Å². The van der Waals surface area contributed by atoms with Crippen molar-refractivity contribution in [3.63, 3.8) is 0 Å². The van der Waals surface area contributed by atoms with E-state index in [1.165, 1.54) is 0 Å². The highest BCUT2D eigenvalue weighted by molar-refractivity contribution is 5.90. The molecule has 0 fully saturated rings. The van der Waals surface area contributed by atoms with Gasteiger partial charge in [0.15, 0.2) is 5.76 Å². The normalized spacial score (nSPS) is 10.5. The van der Waals surface area contributed by atoms with E-state index in [1.54, 1.807) is 18.4 Å². The van der Waals surface area contributed by atoms with E-state index in [-0.39, 0.29) is 12.3 Å². The van der Waals surface area contributed by atoms with Gasteiger partial charge in [-0.3, -0.25) is 4.79 Å². The van der Waals surface area contributed by atoms with Crippen LogP contribution < -0.4 is 5.32 Å². The number of para-hydroxylation sites is 1. The maximum atomic E-state index is 11.8. The van der Waals surface area contributed by atoms with Crippen LogP contribution in [0.15, 0.2) is 57.7 Å². The van der Waals surface area contributed by atoms with Gasteiger partial charge in [-0.05, 0) is 24.3 Å². The van der Waals surface area contributed by atoms with Crippen LogP contribution in [0.4, 0.5) is 5.69 Å². The minimum Gasteiger partial charge on any atom is -0.461 e. The molecule has 3 aromatic rings. The van der Waals surface area contributed by atoms with Gasteiger partial charge in [-0.2, -0.15) is 4.98 Å². The predicted octanol–water partition coefficient (Wildman–Crippen LogP) is 2.90. The smallest absolute Gasteiger partial charge is 0.238 e. The van der Waals surface area contributed by atoms with Crippen LogP contribution in [0.2, 0.25) is 0 Å². The van der Waals surface area contributed by atoms with Gasteiger partial charge in [0.1, 0.15) is 0 Å². The van der Waals surface area contributed by atoms with Gasteiger partial charge in [-0.15, -0.1) is 0 Å². The molecule has 0 bridgehead atoms. The molecule has 6 nitrogen and oxygen atoms in total. The van der Waals surface area contributed by atoms with E-state index in [9.17, 15) is 4.79 Å². The average Bonchev–Trinajstić information content (AvgIpc) is 3.17. The van der Waals surface area contributed by atoms with Crippen LogP contribution in [0.25, 0.3) is 11.6 Å². The van der Waals surface area contributed by atoms with Gasteiger partial charge in [-0.25, -0.2) is 0 Å². The maximum absolute atomic E-state index is 11.8. The zero-order valence-electron chi connectivity index (χ0n) is 11.2. The number of rotatable bonds is 5. The number of amides is 1. The molecule has 0 unspecified atom stereocenters. The summed E-state index contributed by atoms with van der Waals surface area (Å²) in [5.74, 6) is 1.24. The average molecular weight is 283 g/mol. The molecule has 106 valence electrons. The summed E-state index contributed by atoms with van der Waals surface area (Å²) in [7, 11) is 0. The fraction of sp³-hybridized carbons (Fsp3) is 0.133. The summed E-state index contributed by atoms with van der Waals surface area (Å²) >= 11 is 0. The van der Waals surface area contributed by atoms with E-state index in [2.05, 4.69) is 15.5 Å². The van der Waals surface area contributed by atoms with Gasteiger partial charge in [0.25, 0.3) is 0 Å². The summed E-state index contributed by atoms with van der Waals surface area (Å²) in [5, 5.41) is 6.61. The lowest BCUT2D eigenvalue weighted by atomic mass is 10.2. The van der Waals surface area contributed by atoms with Gasteiger partial charge in [0, 0.05) is 18.5 Å². The fourth-order valence-electron chi connectivity index (χ4n) is 1.83. The zero-order chi connectivity index (χ0) is 14.5. The van der Waals surface area contributed by atoms with Crippen LogP contribution >= 0.6 is 0 Å². The number of aromatic nitrogens is 2. The molecular formula is C15H13N3O3. The topological polar surface area (TPSA) is 81.2 Å².